The molecule has 150 valence electrons. The summed E-state index contributed by atoms with van der Waals surface area (Å²) in [5.41, 5.74) is 2.56. The van der Waals surface area contributed by atoms with Crippen molar-refractivity contribution in [3.8, 4) is 11.3 Å². The van der Waals surface area contributed by atoms with E-state index in [0.717, 1.165) is 17.5 Å². The maximum atomic E-state index is 12.9. The van der Waals surface area contributed by atoms with Crippen molar-refractivity contribution in [1.29, 1.82) is 0 Å². The van der Waals surface area contributed by atoms with Crippen molar-refractivity contribution < 1.29 is 9.59 Å². The van der Waals surface area contributed by atoms with Gasteiger partial charge in [-0.2, -0.15) is 0 Å². The minimum Gasteiger partial charge on any atom is -0.351 e. The lowest BCUT2D eigenvalue weighted by Gasteiger charge is -2.08. The van der Waals surface area contributed by atoms with E-state index in [-0.39, 0.29) is 17.9 Å². The molecule has 3 N–H and O–H groups in total. The first kappa shape index (κ1) is 20.7. The summed E-state index contributed by atoms with van der Waals surface area (Å²) in [7, 11) is 1.72. The number of nitrogens with one attached hydrogen (secondary N) is 3. The van der Waals surface area contributed by atoms with Crippen molar-refractivity contribution in [3.63, 3.8) is 0 Å². The number of aromatic nitrogens is 1. The summed E-state index contributed by atoms with van der Waals surface area (Å²) in [6.07, 6.45) is 0.745. The Morgan fingerprint density at radius 3 is 2.34 bits per heavy atom. The van der Waals surface area contributed by atoms with Gasteiger partial charge < -0.3 is 16.0 Å². The number of amides is 2. The highest BCUT2D eigenvalue weighted by Crippen LogP contribution is 2.31. The predicted molar refractivity (Wildman–Crippen MR) is 117 cm³/mol. The molecule has 2 aromatic carbocycles. The number of carbonyl (C=O) groups is 2. The minimum atomic E-state index is -0.359. The number of anilines is 1. The molecule has 0 saturated heterocycles. The third kappa shape index (κ3) is 5.49. The van der Waals surface area contributed by atoms with Crippen LogP contribution in [0.25, 0.3) is 11.3 Å². The van der Waals surface area contributed by atoms with Gasteiger partial charge in [-0.1, -0.05) is 72.0 Å². The molecule has 3 rings (SSSR count). The number of thiazole rings is 1. The molecule has 1 heterocycles. The van der Waals surface area contributed by atoms with Crippen molar-refractivity contribution in [2.24, 2.45) is 0 Å². The van der Waals surface area contributed by atoms with Crippen LogP contribution in [0.1, 0.15) is 22.2 Å². The number of likely N-dealkylation sites (N-methyl/N-ethyl adjacent to an activating group) is 1. The minimum absolute atomic E-state index is 0.195. The van der Waals surface area contributed by atoms with Gasteiger partial charge in [0.05, 0.1) is 11.7 Å². The topological polar surface area (TPSA) is 83.1 Å². The third-order valence-electron chi connectivity index (χ3n) is 4.48. The summed E-state index contributed by atoms with van der Waals surface area (Å²) in [6, 6.07) is 19.1. The molecular formula is C22H24N4O2S. The summed E-state index contributed by atoms with van der Waals surface area (Å²) in [6.45, 7) is 2.28. The fraction of sp³-hybridized carbons (Fsp3) is 0.227. The van der Waals surface area contributed by atoms with Crippen LogP contribution in [0, 0.1) is 0 Å². The summed E-state index contributed by atoms with van der Waals surface area (Å²) < 4.78 is 0. The smallest absolute Gasteiger partial charge is 0.263 e. The molecule has 0 radical (unpaired) electrons. The lowest BCUT2D eigenvalue weighted by Crippen LogP contribution is -2.35. The third-order valence-corrected chi connectivity index (χ3v) is 5.45. The predicted octanol–water partition coefficient (Wildman–Crippen LogP) is 3.33. The van der Waals surface area contributed by atoms with Crippen molar-refractivity contribution in [2.75, 3.05) is 18.9 Å². The number of nitrogens with zero attached hydrogens (tertiary/aromatic N) is 1. The molecule has 7 heteroatoms. The summed E-state index contributed by atoms with van der Waals surface area (Å²) in [4.78, 5) is 30.0. The monoisotopic (exact) mass is 408 g/mol. The van der Waals surface area contributed by atoms with Crippen LogP contribution in [-0.2, 0) is 11.2 Å². The van der Waals surface area contributed by atoms with E-state index in [0.29, 0.717) is 22.2 Å². The number of rotatable bonds is 8. The molecule has 2 amide bonds. The SMILES string of the molecule is CNC(C)C(=O)Nc1nc(-c2ccccc2)c(C(=O)NCCc2ccccc2)s1. The fourth-order valence-corrected chi connectivity index (χ4v) is 3.62. The highest BCUT2D eigenvalue weighted by Gasteiger charge is 2.21. The highest BCUT2D eigenvalue weighted by atomic mass is 32.1. The molecule has 29 heavy (non-hydrogen) atoms. The van der Waals surface area contributed by atoms with Crippen molar-refractivity contribution >= 4 is 28.3 Å². The molecule has 0 bridgehead atoms. The van der Waals surface area contributed by atoms with E-state index in [1.54, 1.807) is 14.0 Å². The van der Waals surface area contributed by atoms with Gasteiger partial charge in [-0.05, 0) is 26.0 Å². The van der Waals surface area contributed by atoms with Crippen molar-refractivity contribution in [2.45, 2.75) is 19.4 Å². The van der Waals surface area contributed by atoms with E-state index < -0.39 is 0 Å². The van der Waals surface area contributed by atoms with Gasteiger partial charge in [0.25, 0.3) is 5.91 Å². The molecule has 1 atom stereocenters. The number of benzene rings is 2. The molecule has 1 aromatic heterocycles. The largest absolute Gasteiger partial charge is 0.351 e. The molecule has 0 aliphatic rings. The van der Waals surface area contributed by atoms with Gasteiger partial charge in [-0.3, -0.25) is 9.59 Å². The normalized spacial score (nSPS) is 11.7. The van der Waals surface area contributed by atoms with Crippen LogP contribution in [-0.4, -0.2) is 36.4 Å². The number of hydrogen-bond donors (Lipinski definition) is 3. The zero-order valence-electron chi connectivity index (χ0n) is 16.4. The van der Waals surface area contributed by atoms with Gasteiger partial charge in [0.15, 0.2) is 5.13 Å². The van der Waals surface area contributed by atoms with Crippen LogP contribution in [0.4, 0.5) is 5.13 Å². The fourth-order valence-electron chi connectivity index (χ4n) is 2.71. The number of hydrogen-bond acceptors (Lipinski definition) is 5. The van der Waals surface area contributed by atoms with Gasteiger partial charge in [0.1, 0.15) is 4.88 Å². The molecule has 6 nitrogen and oxygen atoms in total. The quantitative estimate of drug-likeness (QED) is 0.534. The van der Waals surface area contributed by atoms with Crippen molar-refractivity contribution in [1.82, 2.24) is 15.6 Å². The molecular weight excluding hydrogens is 384 g/mol. The Labute approximate surface area is 174 Å². The lowest BCUT2D eigenvalue weighted by atomic mass is 10.1. The first-order valence-electron chi connectivity index (χ1n) is 9.45. The zero-order chi connectivity index (χ0) is 20.6. The second-order valence-corrected chi connectivity index (χ2v) is 7.55. The van der Waals surface area contributed by atoms with Crippen LogP contribution in [0.2, 0.25) is 0 Å². The summed E-state index contributed by atoms with van der Waals surface area (Å²) in [5.74, 6) is -0.392. The van der Waals surface area contributed by atoms with Gasteiger partial charge in [-0.25, -0.2) is 4.98 Å². The Hall–Kier alpha value is -3.03. The van der Waals surface area contributed by atoms with Gasteiger partial charge in [-0.15, -0.1) is 0 Å². The molecule has 0 aliphatic carbocycles. The van der Waals surface area contributed by atoms with Gasteiger partial charge >= 0.3 is 0 Å². The van der Waals surface area contributed by atoms with E-state index >= 15 is 0 Å². The van der Waals surface area contributed by atoms with E-state index in [9.17, 15) is 9.59 Å². The Kier molecular flexibility index (Phi) is 7.10. The molecule has 0 fully saturated rings. The summed E-state index contributed by atoms with van der Waals surface area (Å²) >= 11 is 1.18. The van der Waals surface area contributed by atoms with E-state index in [2.05, 4.69) is 20.9 Å². The summed E-state index contributed by atoms with van der Waals surface area (Å²) in [5, 5.41) is 9.05. The second kappa shape index (κ2) is 9.95. The first-order chi connectivity index (χ1) is 14.1. The molecule has 0 spiro atoms. The Bertz CT molecular complexity index is 957. The van der Waals surface area contributed by atoms with Crippen LogP contribution in [0.5, 0.6) is 0 Å². The average Bonchev–Trinajstić information content (AvgIpc) is 3.18. The second-order valence-electron chi connectivity index (χ2n) is 6.55. The van der Waals surface area contributed by atoms with Gasteiger partial charge in [0, 0.05) is 12.1 Å². The Morgan fingerprint density at radius 2 is 1.69 bits per heavy atom. The number of carbonyl (C=O) groups excluding carboxylic acids is 2. The Morgan fingerprint density at radius 1 is 1.03 bits per heavy atom. The average molecular weight is 409 g/mol. The van der Waals surface area contributed by atoms with Crippen LogP contribution >= 0.6 is 11.3 Å². The Balaban J connectivity index is 1.77. The van der Waals surface area contributed by atoms with E-state index in [1.807, 2.05) is 60.7 Å². The van der Waals surface area contributed by atoms with E-state index in [1.165, 1.54) is 11.3 Å². The van der Waals surface area contributed by atoms with Crippen LogP contribution < -0.4 is 16.0 Å². The zero-order valence-corrected chi connectivity index (χ0v) is 17.3. The highest BCUT2D eigenvalue weighted by molar-refractivity contribution is 7.18. The van der Waals surface area contributed by atoms with Crippen LogP contribution in [0.15, 0.2) is 60.7 Å². The molecule has 3 aromatic rings. The standard InChI is InChI=1S/C22H24N4O2S/c1-15(23-2)20(27)26-22-25-18(17-11-7-4-8-12-17)19(29-22)21(28)24-14-13-16-9-5-3-6-10-16/h3-12,15,23H,13-14H2,1-2H3,(H,24,28)(H,25,26,27). The first-order valence-corrected chi connectivity index (χ1v) is 10.3. The maximum Gasteiger partial charge on any atom is 0.263 e. The molecule has 0 saturated carbocycles. The molecule has 0 aliphatic heterocycles. The van der Waals surface area contributed by atoms with E-state index in [4.69, 9.17) is 0 Å². The lowest BCUT2D eigenvalue weighted by molar-refractivity contribution is -0.117. The molecule has 1 unspecified atom stereocenters. The van der Waals surface area contributed by atoms with Gasteiger partial charge in [0.2, 0.25) is 5.91 Å². The maximum absolute atomic E-state index is 12.9. The van der Waals surface area contributed by atoms with Crippen LogP contribution in [0.3, 0.4) is 0 Å². The van der Waals surface area contributed by atoms with Crippen molar-refractivity contribution in [3.05, 3.63) is 71.1 Å².